The monoisotopic (exact) mass is 264 g/mol. The number of phenols is 1. The van der Waals surface area contributed by atoms with E-state index in [1.165, 1.54) is 0 Å². The molecule has 0 aliphatic carbocycles. The fourth-order valence-corrected chi connectivity index (χ4v) is 1.74. The first-order valence-electron chi connectivity index (χ1n) is 6.11. The Morgan fingerprint density at radius 2 is 1.75 bits per heavy atom. The third kappa shape index (κ3) is 2.72. The van der Waals surface area contributed by atoms with Crippen LogP contribution in [0.25, 0.3) is 11.0 Å². The third-order valence-corrected chi connectivity index (χ3v) is 2.73. The van der Waals surface area contributed by atoms with Gasteiger partial charge in [-0.2, -0.15) is 5.10 Å². The topological polar surface area (TPSA) is 70.4 Å². The van der Waals surface area contributed by atoms with Crippen LogP contribution in [0.1, 0.15) is 5.56 Å². The van der Waals surface area contributed by atoms with Crippen LogP contribution in [-0.2, 0) is 0 Å². The molecule has 5 nitrogen and oxygen atoms in total. The average molecular weight is 264 g/mol. The van der Waals surface area contributed by atoms with E-state index in [2.05, 4.69) is 20.5 Å². The minimum Gasteiger partial charge on any atom is -0.508 e. The lowest BCUT2D eigenvalue weighted by Crippen LogP contribution is -1.95. The number of nitrogens with zero attached hydrogens (tertiary/aromatic N) is 3. The van der Waals surface area contributed by atoms with E-state index in [-0.39, 0.29) is 5.75 Å². The molecule has 0 fully saturated rings. The zero-order valence-corrected chi connectivity index (χ0v) is 10.6. The number of hydrazone groups is 1. The van der Waals surface area contributed by atoms with Gasteiger partial charge in [0.2, 0.25) is 0 Å². The van der Waals surface area contributed by atoms with Crippen molar-refractivity contribution in [3.05, 3.63) is 60.3 Å². The van der Waals surface area contributed by atoms with Gasteiger partial charge >= 0.3 is 0 Å². The van der Waals surface area contributed by atoms with Crippen molar-refractivity contribution >= 4 is 23.1 Å². The predicted octanol–water partition coefficient (Wildman–Crippen LogP) is 2.78. The maximum absolute atomic E-state index is 9.18. The summed E-state index contributed by atoms with van der Waals surface area (Å²) < 4.78 is 0. The Labute approximate surface area is 115 Å². The molecular weight excluding hydrogens is 252 g/mol. The smallest absolute Gasteiger partial charge is 0.165 e. The highest BCUT2D eigenvalue weighted by Crippen LogP contribution is 2.11. The standard InChI is InChI=1S/C15H12N4O/c20-12-7-5-11(6-8-12)9-17-19-15-10-16-13-3-1-2-4-14(13)18-15/h1-10,20H,(H,18,19)/b17-9+. The Kier molecular flexibility index (Phi) is 3.24. The first-order valence-corrected chi connectivity index (χ1v) is 6.11. The van der Waals surface area contributed by atoms with Gasteiger partial charge in [-0.05, 0) is 42.0 Å². The van der Waals surface area contributed by atoms with Crippen LogP contribution in [-0.4, -0.2) is 21.3 Å². The van der Waals surface area contributed by atoms with Crippen LogP contribution in [0.5, 0.6) is 5.75 Å². The molecule has 0 aliphatic rings. The molecule has 0 bridgehead atoms. The van der Waals surface area contributed by atoms with E-state index in [4.69, 9.17) is 0 Å². The van der Waals surface area contributed by atoms with Crippen LogP contribution in [0.3, 0.4) is 0 Å². The maximum atomic E-state index is 9.18. The summed E-state index contributed by atoms with van der Waals surface area (Å²) in [7, 11) is 0. The lowest BCUT2D eigenvalue weighted by atomic mass is 10.2. The number of hydrogen-bond acceptors (Lipinski definition) is 5. The Morgan fingerprint density at radius 1 is 1.00 bits per heavy atom. The van der Waals surface area contributed by atoms with Gasteiger partial charge in [0, 0.05) is 0 Å². The molecule has 5 heteroatoms. The van der Waals surface area contributed by atoms with Gasteiger partial charge in [-0.3, -0.25) is 10.4 Å². The van der Waals surface area contributed by atoms with Gasteiger partial charge in [-0.25, -0.2) is 4.98 Å². The fourth-order valence-electron chi connectivity index (χ4n) is 1.74. The Bertz CT molecular complexity index is 753. The molecule has 20 heavy (non-hydrogen) atoms. The minimum absolute atomic E-state index is 0.232. The second-order valence-electron chi connectivity index (χ2n) is 4.21. The number of phenolic OH excluding ortho intramolecular Hbond substituents is 1. The van der Waals surface area contributed by atoms with Crippen molar-refractivity contribution in [3.63, 3.8) is 0 Å². The van der Waals surface area contributed by atoms with E-state index in [0.717, 1.165) is 16.6 Å². The highest BCUT2D eigenvalue weighted by atomic mass is 16.3. The number of aromatic nitrogens is 2. The van der Waals surface area contributed by atoms with Gasteiger partial charge < -0.3 is 5.11 Å². The molecule has 0 saturated carbocycles. The molecule has 3 aromatic rings. The van der Waals surface area contributed by atoms with E-state index in [1.807, 2.05) is 24.3 Å². The van der Waals surface area contributed by atoms with Crippen molar-refractivity contribution in [1.82, 2.24) is 9.97 Å². The summed E-state index contributed by atoms with van der Waals surface area (Å²) >= 11 is 0. The van der Waals surface area contributed by atoms with E-state index in [9.17, 15) is 5.11 Å². The van der Waals surface area contributed by atoms with Crippen molar-refractivity contribution in [3.8, 4) is 5.75 Å². The van der Waals surface area contributed by atoms with Gasteiger partial charge in [-0.1, -0.05) is 12.1 Å². The van der Waals surface area contributed by atoms with Gasteiger partial charge in [0.1, 0.15) is 5.75 Å². The first-order chi connectivity index (χ1) is 9.81. The molecule has 0 aliphatic heterocycles. The molecule has 1 heterocycles. The summed E-state index contributed by atoms with van der Waals surface area (Å²) in [5.74, 6) is 0.814. The average Bonchev–Trinajstić information content (AvgIpc) is 2.49. The van der Waals surface area contributed by atoms with Crippen molar-refractivity contribution < 1.29 is 5.11 Å². The minimum atomic E-state index is 0.232. The molecule has 0 radical (unpaired) electrons. The van der Waals surface area contributed by atoms with Crippen LogP contribution in [0.2, 0.25) is 0 Å². The highest BCUT2D eigenvalue weighted by molar-refractivity contribution is 5.80. The fraction of sp³-hybridized carbons (Fsp3) is 0. The number of rotatable bonds is 3. The van der Waals surface area contributed by atoms with E-state index < -0.39 is 0 Å². The number of hydrogen-bond donors (Lipinski definition) is 2. The van der Waals surface area contributed by atoms with Crippen molar-refractivity contribution in [2.75, 3.05) is 5.43 Å². The lowest BCUT2D eigenvalue weighted by molar-refractivity contribution is 0.475. The molecule has 0 unspecified atom stereocenters. The number of para-hydroxylation sites is 2. The van der Waals surface area contributed by atoms with Crippen LogP contribution in [0, 0.1) is 0 Å². The lowest BCUT2D eigenvalue weighted by Gasteiger charge is -2.01. The summed E-state index contributed by atoms with van der Waals surface area (Å²) in [5.41, 5.74) is 5.38. The van der Waals surface area contributed by atoms with E-state index in [1.54, 1.807) is 36.7 Å². The number of benzene rings is 2. The largest absolute Gasteiger partial charge is 0.508 e. The Hall–Kier alpha value is -2.95. The van der Waals surface area contributed by atoms with Gasteiger partial charge in [0.25, 0.3) is 0 Å². The third-order valence-electron chi connectivity index (χ3n) is 2.73. The highest BCUT2D eigenvalue weighted by Gasteiger charge is 1.97. The second kappa shape index (κ2) is 5.36. The summed E-state index contributed by atoms with van der Waals surface area (Å²) in [5, 5.41) is 13.3. The number of aromatic hydroxyl groups is 1. The molecule has 2 N–H and O–H groups in total. The van der Waals surface area contributed by atoms with Crippen molar-refractivity contribution in [2.24, 2.45) is 5.10 Å². The molecule has 0 spiro atoms. The van der Waals surface area contributed by atoms with Crippen molar-refractivity contribution in [1.29, 1.82) is 0 Å². The molecule has 98 valence electrons. The summed E-state index contributed by atoms with van der Waals surface area (Å²) in [6, 6.07) is 14.4. The molecule has 1 aromatic heterocycles. The Morgan fingerprint density at radius 3 is 2.55 bits per heavy atom. The summed E-state index contributed by atoms with van der Waals surface area (Å²) in [6.07, 6.45) is 3.28. The molecular formula is C15H12N4O. The van der Waals surface area contributed by atoms with Crippen LogP contribution in [0.4, 0.5) is 5.82 Å². The van der Waals surface area contributed by atoms with E-state index >= 15 is 0 Å². The first kappa shape index (κ1) is 12.1. The zero-order valence-electron chi connectivity index (χ0n) is 10.6. The normalized spacial score (nSPS) is 11.0. The molecule has 0 atom stereocenters. The molecule has 2 aromatic carbocycles. The predicted molar refractivity (Wildman–Crippen MR) is 78.9 cm³/mol. The Balaban J connectivity index is 1.74. The number of anilines is 1. The summed E-state index contributed by atoms with van der Waals surface area (Å²) in [6.45, 7) is 0. The number of nitrogens with one attached hydrogen (secondary N) is 1. The molecule has 0 amide bonds. The van der Waals surface area contributed by atoms with Crippen molar-refractivity contribution in [2.45, 2.75) is 0 Å². The van der Waals surface area contributed by atoms with Gasteiger partial charge in [0.15, 0.2) is 5.82 Å². The number of fused-ring (bicyclic) bond motifs is 1. The zero-order chi connectivity index (χ0) is 13.8. The van der Waals surface area contributed by atoms with Gasteiger partial charge in [-0.15, -0.1) is 0 Å². The van der Waals surface area contributed by atoms with Gasteiger partial charge in [0.05, 0.1) is 23.4 Å². The SMILES string of the molecule is Oc1ccc(/C=N/Nc2cnc3ccccc3n2)cc1. The van der Waals surface area contributed by atoms with Crippen LogP contribution < -0.4 is 5.43 Å². The molecule has 0 saturated heterocycles. The summed E-state index contributed by atoms with van der Waals surface area (Å²) in [4.78, 5) is 8.68. The maximum Gasteiger partial charge on any atom is 0.165 e. The quantitative estimate of drug-likeness (QED) is 0.563. The second-order valence-corrected chi connectivity index (χ2v) is 4.21. The van der Waals surface area contributed by atoms with Crippen LogP contribution in [0.15, 0.2) is 59.8 Å². The van der Waals surface area contributed by atoms with Crippen LogP contribution >= 0.6 is 0 Å². The molecule has 3 rings (SSSR count). The van der Waals surface area contributed by atoms with E-state index in [0.29, 0.717) is 5.82 Å².